The summed E-state index contributed by atoms with van der Waals surface area (Å²) in [5, 5.41) is 6.88. The van der Waals surface area contributed by atoms with Crippen molar-refractivity contribution in [2.24, 2.45) is 0 Å². The van der Waals surface area contributed by atoms with Gasteiger partial charge in [0.2, 0.25) is 0 Å². The van der Waals surface area contributed by atoms with Gasteiger partial charge in [-0.1, -0.05) is 18.2 Å². The number of rotatable bonds is 3. The van der Waals surface area contributed by atoms with Crippen LogP contribution in [0.5, 0.6) is 0 Å². The van der Waals surface area contributed by atoms with Crippen molar-refractivity contribution in [3.8, 4) is 0 Å². The summed E-state index contributed by atoms with van der Waals surface area (Å²) in [7, 11) is 0. The van der Waals surface area contributed by atoms with E-state index in [1.165, 1.54) is 16.8 Å². The van der Waals surface area contributed by atoms with Gasteiger partial charge in [-0.2, -0.15) is 0 Å². The van der Waals surface area contributed by atoms with Crippen LogP contribution in [-0.4, -0.2) is 18.0 Å². The first kappa shape index (κ1) is 14.6. The number of aryl methyl sites for hydroxylation is 2. The van der Waals surface area contributed by atoms with E-state index in [9.17, 15) is 0 Å². The summed E-state index contributed by atoms with van der Waals surface area (Å²) < 4.78 is 0. The molecule has 3 N–H and O–H groups in total. The number of nitrogens with one attached hydrogen (secondary N) is 3. The van der Waals surface area contributed by atoms with Crippen LogP contribution in [0, 0.1) is 13.8 Å². The Morgan fingerprint density at radius 2 is 1.61 bits per heavy atom. The van der Waals surface area contributed by atoms with E-state index < -0.39 is 0 Å². The van der Waals surface area contributed by atoms with Crippen LogP contribution >= 0.6 is 0 Å². The highest BCUT2D eigenvalue weighted by Crippen LogP contribution is 2.18. The molecule has 0 amide bonds. The fourth-order valence-electron chi connectivity index (χ4n) is 1.83. The van der Waals surface area contributed by atoms with Crippen LogP contribution < -0.4 is 15.6 Å². The summed E-state index contributed by atoms with van der Waals surface area (Å²) in [5.74, 6) is 0.970. The molecule has 0 spiro atoms. The van der Waals surface area contributed by atoms with Gasteiger partial charge in [0.1, 0.15) is 5.69 Å². The summed E-state index contributed by atoms with van der Waals surface area (Å²) in [4.78, 5) is 3.41. The maximum absolute atomic E-state index is 3.47. The molecule has 0 saturated carbocycles. The van der Waals surface area contributed by atoms with Gasteiger partial charge in [0.25, 0.3) is 0 Å². The van der Waals surface area contributed by atoms with Crippen molar-refractivity contribution >= 4 is 11.6 Å². The molecule has 0 aromatic heterocycles. The second-order valence-corrected chi connectivity index (χ2v) is 5.36. The van der Waals surface area contributed by atoms with E-state index >= 15 is 0 Å². The van der Waals surface area contributed by atoms with Crippen LogP contribution in [0.1, 0.15) is 38.8 Å². The largest absolute Gasteiger partial charge is 0.348 e. The van der Waals surface area contributed by atoms with Gasteiger partial charge in [-0.3, -0.25) is 10.3 Å². The Morgan fingerprint density at radius 3 is 2.06 bits per heavy atom. The molecule has 1 aromatic carbocycles. The maximum Gasteiger partial charge on any atom is 0.348 e. The molecule has 0 radical (unpaired) electrons. The number of guanidine groups is 1. The van der Waals surface area contributed by atoms with Gasteiger partial charge in [0.05, 0.1) is 12.1 Å². The molecule has 0 aliphatic rings. The average Bonchev–Trinajstić information content (AvgIpc) is 2.21. The third kappa shape index (κ3) is 4.40. The highest BCUT2D eigenvalue weighted by atomic mass is 15.2. The molecule has 18 heavy (non-hydrogen) atoms. The smallest absolute Gasteiger partial charge is 0.276 e. The van der Waals surface area contributed by atoms with Crippen LogP contribution in [-0.2, 0) is 0 Å². The van der Waals surface area contributed by atoms with Gasteiger partial charge in [0, 0.05) is 0 Å². The second kappa shape index (κ2) is 6.43. The molecule has 100 valence electrons. The van der Waals surface area contributed by atoms with Crippen LogP contribution in [0.2, 0.25) is 0 Å². The Morgan fingerprint density at radius 1 is 1.06 bits per heavy atom. The van der Waals surface area contributed by atoms with E-state index in [2.05, 4.69) is 75.4 Å². The fourth-order valence-corrected chi connectivity index (χ4v) is 1.83. The van der Waals surface area contributed by atoms with Crippen LogP contribution in [0.4, 0.5) is 5.69 Å². The van der Waals surface area contributed by atoms with Crippen molar-refractivity contribution in [1.82, 2.24) is 5.32 Å². The van der Waals surface area contributed by atoms with E-state index in [-0.39, 0.29) is 0 Å². The molecular weight excluding hydrogens is 222 g/mol. The Labute approximate surface area is 111 Å². The molecule has 0 saturated heterocycles. The van der Waals surface area contributed by atoms with Crippen molar-refractivity contribution in [2.75, 3.05) is 5.32 Å². The van der Waals surface area contributed by atoms with E-state index in [0.717, 1.165) is 5.96 Å². The molecular formula is C15H26N3+. The standard InChI is InChI=1S/C15H25N3/c1-10(2)16-15(17-11(3)4)18-14-12(5)8-7-9-13(14)6/h7-11H,1-6H3,(H2,16,17,18)/p+1. The number of benzene rings is 1. The summed E-state index contributed by atoms with van der Waals surface area (Å²) in [6.45, 7) is 12.8. The number of hydrogen-bond donors (Lipinski definition) is 3. The molecule has 3 heteroatoms. The van der Waals surface area contributed by atoms with Gasteiger partial charge >= 0.3 is 5.96 Å². The fraction of sp³-hybridized carbons (Fsp3) is 0.533. The van der Waals surface area contributed by atoms with Gasteiger partial charge < -0.3 is 0 Å². The molecule has 0 atom stereocenters. The van der Waals surface area contributed by atoms with Gasteiger partial charge in [-0.25, -0.2) is 5.32 Å². The number of para-hydroxylation sites is 1. The van der Waals surface area contributed by atoms with Crippen molar-refractivity contribution in [3.05, 3.63) is 29.3 Å². The van der Waals surface area contributed by atoms with Crippen molar-refractivity contribution in [1.29, 1.82) is 0 Å². The van der Waals surface area contributed by atoms with E-state index in [1.54, 1.807) is 0 Å². The topological polar surface area (TPSA) is 38.0 Å². The summed E-state index contributed by atoms with van der Waals surface area (Å²) in [5.41, 5.74) is 3.68. The molecule has 0 aliphatic carbocycles. The van der Waals surface area contributed by atoms with Crippen molar-refractivity contribution in [3.63, 3.8) is 0 Å². The quantitative estimate of drug-likeness (QED) is 0.561. The lowest BCUT2D eigenvalue weighted by atomic mass is 10.1. The zero-order valence-electron chi connectivity index (χ0n) is 12.4. The number of anilines is 1. The Kier molecular flexibility index (Phi) is 5.20. The summed E-state index contributed by atoms with van der Waals surface area (Å²) >= 11 is 0. The molecule has 0 fully saturated rings. The van der Waals surface area contributed by atoms with Gasteiger partial charge in [-0.15, -0.1) is 0 Å². The lowest BCUT2D eigenvalue weighted by Crippen LogP contribution is -2.82. The van der Waals surface area contributed by atoms with Crippen LogP contribution in [0.3, 0.4) is 0 Å². The Bertz CT molecular complexity index is 399. The van der Waals surface area contributed by atoms with Gasteiger partial charge in [-0.05, 0) is 52.7 Å². The van der Waals surface area contributed by atoms with Crippen LogP contribution in [0.15, 0.2) is 18.2 Å². The first-order valence-corrected chi connectivity index (χ1v) is 6.63. The molecule has 0 heterocycles. The average molecular weight is 248 g/mol. The molecule has 3 nitrogen and oxygen atoms in total. The van der Waals surface area contributed by atoms with E-state index in [1.807, 2.05) is 0 Å². The highest BCUT2D eigenvalue weighted by molar-refractivity contribution is 5.91. The van der Waals surface area contributed by atoms with E-state index in [0.29, 0.717) is 12.1 Å². The zero-order chi connectivity index (χ0) is 13.7. The predicted molar refractivity (Wildman–Crippen MR) is 78.9 cm³/mol. The normalized spacial score (nSPS) is 12.1. The molecule has 0 bridgehead atoms. The highest BCUT2D eigenvalue weighted by Gasteiger charge is 2.13. The predicted octanol–water partition coefficient (Wildman–Crippen LogP) is 1.56. The summed E-state index contributed by atoms with van der Waals surface area (Å²) in [6, 6.07) is 7.11. The molecule has 0 aliphatic heterocycles. The maximum atomic E-state index is 3.47. The van der Waals surface area contributed by atoms with Crippen LogP contribution in [0.25, 0.3) is 0 Å². The third-order valence-corrected chi connectivity index (χ3v) is 2.60. The van der Waals surface area contributed by atoms with E-state index in [4.69, 9.17) is 0 Å². The van der Waals surface area contributed by atoms with Crippen molar-refractivity contribution < 1.29 is 4.99 Å². The zero-order valence-corrected chi connectivity index (χ0v) is 12.4. The number of hydrogen-bond acceptors (Lipinski definition) is 0. The SMILES string of the molecule is Cc1cccc(C)c1NC(NC(C)C)=[NH+]C(C)C. The molecule has 1 aromatic rings. The Balaban J connectivity index is 2.96. The first-order chi connectivity index (χ1) is 8.40. The Hall–Kier alpha value is -1.51. The lowest BCUT2D eigenvalue weighted by molar-refractivity contribution is -0.495. The minimum atomic E-state index is 0.392. The lowest BCUT2D eigenvalue weighted by Gasteiger charge is -2.12. The van der Waals surface area contributed by atoms with Gasteiger partial charge in [0.15, 0.2) is 0 Å². The first-order valence-electron chi connectivity index (χ1n) is 6.63. The minimum Gasteiger partial charge on any atom is -0.276 e. The molecule has 1 rings (SSSR count). The monoisotopic (exact) mass is 248 g/mol. The third-order valence-electron chi connectivity index (χ3n) is 2.60. The molecule has 0 unspecified atom stereocenters. The summed E-state index contributed by atoms with van der Waals surface area (Å²) in [6.07, 6.45) is 0. The second-order valence-electron chi connectivity index (χ2n) is 5.36. The minimum absolute atomic E-state index is 0.392. The van der Waals surface area contributed by atoms with Crippen molar-refractivity contribution in [2.45, 2.75) is 53.6 Å².